The molecular formula is C14H12F3NO2. The molecule has 20 heavy (non-hydrogen) atoms. The van der Waals surface area contributed by atoms with E-state index in [4.69, 9.17) is 0 Å². The number of hydrogen-bond acceptors (Lipinski definition) is 2. The van der Waals surface area contributed by atoms with Crippen molar-refractivity contribution in [3.63, 3.8) is 0 Å². The molecule has 0 spiro atoms. The molecule has 1 aliphatic heterocycles. The van der Waals surface area contributed by atoms with Gasteiger partial charge in [-0.1, -0.05) is 30.3 Å². The largest absolute Gasteiger partial charge is 0.454 e. The maximum atomic E-state index is 12.7. The van der Waals surface area contributed by atoms with E-state index in [-0.39, 0.29) is 30.0 Å². The van der Waals surface area contributed by atoms with Crippen LogP contribution in [0.2, 0.25) is 0 Å². The minimum atomic E-state index is -4.93. The van der Waals surface area contributed by atoms with Gasteiger partial charge in [-0.3, -0.25) is 9.59 Å². The van der Waals surface area contributed by atoms with Gasteiger partial charge in [-0.2, -0.15) is 13.2 Å². The first-order valence-electron chi connectivity index (χ1n) is 5.99. The fraction of sp³-hybridized carbons (Fsp3) is 0.286. The molecule has 0 N–H and O–H groups in total. The molecule has 0 atom stereocenters. The highest BCUT2D eigenvalue weighted by Gasteiger charge is 2.43. The van der Waals surface area contributed by atoms with Crippen LogP contribution in [-0.2, 0) is 9.59 Å². The number of carbonyl (C=O) groups is 2. The fourth-order valence-corrected chi connectivity index (χ4v) is 2.20. The van der Waals surface area contributed by atoms with E-state index in [1.54, 1.807) is 30.3 Å². The number of amides is 1. The van der Waals surface area contributed by atoms with Crippen LogP contribution in [0, 0.1) is 0 Å². The van der Waals surface area contributed by atoms with Crippen LogP contribution >= 0.6 is 0 Å². The van der Waals surface area contributed by atoms with Gasteiger partial charge in [-0.05, 0) is 12.0 Å². The van der Waals surface area contributed by atoms with Crippen LogP contribution in [0.25, 0.3) is 5.70 Å². The summed E-state index contributed by atoms with van der Waals surface area (Å²) < 4.78 is 38.0. The first-order chi connectivity index (χ1) is 9.32. The van der Waals surface area contributed by atoms with E-state index < -0.39 is 12.0 Å². The number of rotatable bonds is 2. The SMILES string of the molecule is CN1C(=O)CCC(C(=O)C(F)(F)F)=C1c1ccccc1. The second-order valence-electron chi connectivity index (χ2n) is 4.47. The predicted octanol–water partition coefficient (Wildman–Crippen LogP) is 2.78. The smallest absolute Gasteiger partial charge is 0.314 e. The Morgan fingerprint density at radius 3 is 2.30 bits per heavy atom. The fourth-order valence-electron chi connectivity index (χ4n) is 2.20. The van der Waals surface area contributed by atoms with Gasteiger partial charge in [-0.15, -0.1) is 0 Å². The summed E-state index contributed by atoms with van der Waals surface area (Å²) in [7, 11) is 1.38. The predicted molar refractivity (Wildman–Crippen MR) is 66.4 cm³/mol. The molecule has 1 amide bonds. The van der Waals surface area contributed by atoms with Crippen molar-refractivity contribution in [1.29, 1.82) is 0 Å². The Hall–Kier alpha value is -2.11. The van der Waals surface area contributed by atoms with Gasteiger partial charge in [0.2, 0.25) is 5.91 Å². The molecule has 0 saturated heterocycles. The summed E-state index contributed by atoms with van der Waals surface area (Å²) in [5, 5.41) is 0. The van der Waals surface area contributed by atoms with Crippen molar-refractivity contribution >= 4 is 17.4 Å². The Labute approximate surface area is 113 Å². The number of allylic oxidation sites excluding steroid dienone is 1. The minimum Gasteiger partial charge on any atom is -0.314 e. The summed E-state index contributed by atoms with van der Waals surface area (Å²) in [6, 6.07) is 8.15. The lowest BCUT2D eigenvalue weighted by molar-refractivity contribution is -0.166. The van der Waals surface area contributed by atoms with Crippen LogP contribution in [0.4, 0.5) is 13.2 Å². The second kappa shape index (κ2) is 5.11. The Kier molecular flexibility index (Phi) is 3.65. The number of carbonyl (C=O) groups excluding carboxylic acids is 2. The summed E-state index contributed by atoms with van der Waals surface area (Å²) in [4.78, 5) is 24.4. The lowest BCUT2D eigenvalue weighted by Gasteiger charge is -2.29. The maximum Gasteiger partial charge on any atom is 0.454 e. The Morgan fingerprint density at radius 2 is 1.75 bits per heavy atom. The summed E-state index contributed by atoms with van der Waals surface area (Å²) in [6.07, 6.45) is -5.22. The number of ketones is 1. The monoisotopic (exact) mass is 283 g/mol. The zero-order valence-corrected chi connectivity index (χ0v) is 10.7. The Bertz CT molecular complexity index is 576. The highest BCUT2D eigenvalue weighted by atomic mass is 19.4. The first kappa shape index (κ1) is 14.3. The van der Waals surface area contributed by atoms with Crippen LogP contribution in [0.5, 0.6) is 0 Å². The molecule has 1 aromatic carbocycles. The summed E-state index contributed by atoms with van der Waals surface area (Å²) in [5.41, 5.74) is 0.116. The molecule has 1 aliphatic rings. The van der Waals surface area contributed by atoms with Crippen LogP contribution in [0.3, 0.4) is 0 Å². The third-order valence-corrected chi connectivity index (χ3v) is 3.16. The molecule has 0 saturated carbocycles. The lowest BCUT2D eigenvalue weighted by Crippen LogP contribution is -2.35. The number of hydrogen-bond donors (Lipinski definition) is 0. The maximum absolute atomic E-state index is 12.7. The average molecular weight is 283 g/mol. The quantitative estimate of drug-likeness (QED) is 0.837. The van der Waals surface area contributed by atoms with Crippen molar-refractivity contribution in [3.8, 4) is 0 Å². The van der Waals surface area contributed by atoms with Gasteiger partial charge in [0.05, 0.1) is 5.70 Å². The average Bonchev–Trinajstić information content (AvgIpc) is 2.41. The Morgan fingerprint density at radius 1 is 1.15 bits per heavy atom. The van der Waals surface area contributed by atoms with Gasteiger partial charge in [0.25, 0.3) is 5.78 Å². The van der Waals surface area contributed by atoms with Crippen molar-refractivity contribution in [1.82, 2.24) is 4.90 Å². The summed E-state index contributed by atoms with van der Waals surface area (Å²) in [6.45, 7) is 0. The number of nitrogens with zero attached hydrogens (tertiary/aromatic N) is 1. The van der Waals surface area contributed by atoms with Gasteiger partial charge in [0.1, 0.15) is 0 Å². The van der Waals surface area contributed by atoms with Crippen molar-refractivity contribution in [2.24, 2.45) is 0 Å². The van der Waals surface area contributed by atoms with E-state index in [1.165, 1.54) is 7.05 Å². The summed E-state index contributed by atoms with van der Waals surface area (Å²) in [5.74, 6) is -2.18. The molecule has 0 unspecified atom stereocenters. The van der Waals surface area contributed by atoms with E-state index in [0.717, 1.165) is 4.90 Å². The first-order valence-corrected chi connectivity index (χ1v) is 5.99. The van der Waals surface area contributed by atoms with Gasteiger partial charge in [0, 0.05) is 19.0 Å². The van der Waals surface area contributed by atoms with Crippen LogP contribution < -0.4 is 0 Å². The van der Waals surface area contributed by atoms with Gasteiger partial charge in [-0.25, -0.2) is 0 Å². The van der Waals surface area contributed by atoms with Gasteiger partial charge < -0.3 is 4.90 Å². The summed E-state index contributed by atoms with van der Waals surface area (Å²) >= 11 is 0. The van der Waals surface area contributed by atoms with Crippen molar-refractivity contribution < 1.29 is 22.8 Å². The van der Waals surface area contributed by atoms with Crippen molar-refractivity contribution in [3.05, 3.63) is 41.5 Å². The van der Waals surface area contributed by atoms with Gasteiger partial charge in [0.15, 0.2) is 0 Å². The van der Waals surface area contributed by atoms with E-state index in [1.807, 2.05) is 0 Å². The standard InChI is InChI=1S/C14H12F3NO2/c1-18-11(19)8-7-10(13(20)14(15,16)17)12(18)9-5-3-2-4-6-9/h2-6H,7-8H2,1H3. The van der Waals surface area contributed by atoms with Crippen LogP contribution in [0.15, 0.2) is 35.9 Å². The Balaban J connectivity index is 2.60. The zero-order valence-electron chi connectivity index (χ0n) is 10.7. The van der Waals surface area contributed by atoms with Crippen LogP contribution in [-0.4, -0.2) is 29.8 Å². The highest BCUT2D eigenvalue weighted by molar-refractivity contribution is 6.09. The van der Waals surface area contributed by atoms with E-state index in [2.05, 4.69) is 0 Å². The number of Topliss-reactive ketones (excluding diaryl/α,β-unsaturated/α-hetero) is 1. The molecule has 2 rings (SSSR count). The zero-order chi connectivity index (χ0) is 14.9. The molecule has 0 aromatic heterocycles. The molecule has 1 aromatic rings. The van der Waals surface area contributed by atoms with Gasteiger partial charge >= 0.3 is 6.18 Å². The molecule has 6 heteroatoms. The normalized spacial score (nSPS) is 16.6. The van der Waals surface area contributed by atoms with E-state index in [0.29, 0.717) is 5.56 Å². The topological polar surface area (TPSA) is 37.4 Å². The number of alkyl halides is 3. The van der Waals surface area contributed by atoms with E-state index in [9.17, 15) is 22.8 Å². The van der Waals surface area contributed by atoms with Crippen molar-refractivity contribution in [2.45, 2.75) is 19.0 Å². The highest BCUT2D eigenvalue weighted by Crippen LogP contribution is 2.34. The molecule has 3 nitrogen and oxygen atoms in total. The molecule has 0 bridgehead atoms. The molecule has 0 fully saturated rings. The third kappa shape index (κ3) is 2.59. The molecule has 1 heterocycles. The second-order valence-corrected chi connectivity index (χ2v) is 4.47. The molecular weight excluding hydrogens is 271 g/mol. The molecule has 0 radical (unpaired) electrons. The third-order valence-electron chi connectivity index (χ3n) is 3.16. The number of benzene rings is 1. The number of halogens is 3. The van der Waals surface area contributed by atoms with Crippen molar-refractivity contribution in [2.75, 3.05) is 7.05 Å². The van der Waals surface area contributed by atoms with E-state index >= 15 is 0 Å². The minimum absolute atomic E-state index is 0.0455. The molecule has 0 aliphatic carbocycles. The lowest BCUT2D eigenvalue weighted by atomic mass is 9.94. The van der Waals surface area contributed by atoms with Crippen LogP contribution in [0.1, 0.15) is 18.4 Å². The molecule has 106 valence electrons.